The van der Waals surface area contributed by atoms with Crippen molar-refractivity contribution >= 4 is 17.7 Å². The van der Waals surface area contributed by atoms with Gasteiger partial charge in [0.1, 0.15) is 0 Å². The summed E-state index contributed by atoms with van der Waals surface area (Å²) in [6.45, 7) is 0. The molecular weight excluding hydrogens is 236 g/mol. The number of carbonyl (C=O) groups is 1. The van der Waals surface area contributed by atoms with Crippen molar-refractivity contribution in [2.45, 2.75) is 0 Å². The van der Waals surface area contributed by atoms with Crippen molar-refractivity contribution < 1.29 is 14.5 Å². The smallest absolute Gasteiger partial charge is 0.337 e. The lowest BCUT2D eigenvalue weighted by molar-refractivity contribution is -0.385. The Balaban J connectivity index is 3.24. The fourth-order valence-corrected chi connectivity index (χ4v) is 1.33. The normalized spacial score (nSPS) is 10.4. The molecule has 0 N–H and O–H groups in total. The van der Waals surface area contributed by atoms with E-state index >= 15 is 0 Å². The number of methoxy groups -OCH3 is 1. The molecule has 1 rings (SSSR count). The number of rotatable bonds is 4. The lowest BCUT2D eigenvalue weighted by Gasteiger charge is -2.05. The van der Waals surface area contributed by atoms with Gasteiger partial charge in [-0.15, -0.1) is 0 Å². The molecule has 0 aliphatic heterocycles. The van der Waals surface area contributed by atoms with Crippen molar-refractivity contribution in [3.63, 3.8) is 0 Å². The van der Waals surface area contributed by atoms with Crippen LogP contribution in [0.1, 0.15) is 15.9 Å². The van der Waals surface area contributed by atoms with Gasteiger partial charge in [-0.3, -0.25) is 10.1 Å². The first-order valence-corrected chi connectivity index (χ1v) is 5.17. The quantitative estimate of drug-likeness (QED) is 0.463. The second kappa shape index (κ2) is 5.81. The van der Waals surface area contributed by atoms with E-state index in [0.29, 0.717) is 5.56 Å². The summed E-state index contributed by atoms with van der Waals surface area (Å²) in [4.78, 5) is 23.5. The predicted molar refractivity (Wildman–Crippen MR) is 67.2 cm³/mol. The maximum Gasteiger partial charge on any atom is 0.337 e. The first-order valence-electron chi connectivity index (χ1n) is 5.17. The van der Waals surface area contributed by atoms with Gasteiger partial charge in [0.15, 0.2) is 0 Å². The van der Waals surface area contributed by atoms with Crippen LogP contribution in [-0.2, 0) is 4.74 Å². The number of ether oxygens (including phenoxy) is 1. The topological polar surface area (TPSA) is 72.7 Å². The number of nitro benzene ring substituents is 1. The van der Waals surface area contributed by atoms with Crippen molar-refractivity contribution in [2.24, 2.45) is 0 Å². The Morgan fingerprint density at radius 2 is 2.11 bits per heavy atom. The zero-order valence-electron chi connectivity index (χ0n) is 10.4. The Morgan fingerprint density at radius 3 is 2.61 bits per heavy atom. The van der Waals surface area contributed by atoms with E-state index in [2.05, 4.69) is 4.74 Å². The summed E-state index contributed by atoms with van der Waals surface area (Å²) in [5.41, 5.74) is 0.582. The molecule has 1 aromatic carbocycles. The molecule has 0 amide bonds. The third kappa shape index (κ3) is 3.31. The molecule has 6 heteroatoms. The highest BCUT2D eigenvalue weighted by atomic mass is 16.6. The van der Waals surface area contributed by atoms with Gasteiger partial charge >= 0.3 is 5.97 Å². The number of esters is 1. The van der Waals surface area contributed by atoms with Crippen LogP contribution in [0.15, 0.2) is 24.4 Å². The zero-order valence-corrected chi connectivity index (χ0v) is 10.4. The highest BCUT2D eigenvalue weighted by Crippen LogP contribution is 2.22. The van der Waals surface area contributed by atoms with Crippen LogP contribution in [0.4, 0.5) is 5.69 Å². The molecule has 0 radical (unpaired) electrons. The molecular formula is C12H14N2O4. The summed E-state index contributed by atoms with van der Waals surface area (Å²) >= 11 is 0. The van der Waals surface area contributed by atoms with E-state index in [0.717, 1.165) is 0 Å². The predicted octanol–water partition coefficient (Wildman–Crippen LogP) is 1.91. The van der Waals surface area contributed by atoms with Crippen molar-refractivity contribution in [2.75, 3.05) is 21.2 Å². The van der Waals surface area contributed by atoms with Crippen molar-refractivity contribution in [3.05, 3.63) is 45.6 Å². The summed E-state index contributed by atoms with van der Waals surface area (Å²) in [7, 11) is 4.86. The maximum atomic E-state index is 11.4. The minimum absolute atomic E-state index is 0.0549. The van der Waals surface area contributed by atoms with Crippen LogP contribution in [0, 0.1) is 10.1 Å². The van der Waals surface area contributed by atoms with E-state index in [-0.39, 0.29) is 11.3 Å². The first kappa shape index (κ1) is 13.7. The third-order valence-electron chi connectivity index (χ3n) is 2.20. The summed E-state index contributed by atoms with van der Waals surface area (Å²) < 4.78 is 4.57. The molecule has 0 aromatic heterocycles. The van der Waals surface area contributed by atoms with E-state index in [1.165, 1.54) is 25.3 Å². The van der Waals surface area contributed by atoms with Gasteiger partial charge in [0.2, 0.25) is 0 Å². The van der Waals surface area contributed by atoms with Crippen molar-refractivity contribution in [1.29, 1.82) is 0 Å². The van der Waals surface area contributed by atoms with Gasteiger partial charge in [-0.25, -0.2) is 4.79 Å². The van der Waals surface area contributed by atoms with E-state index in [9.17, 15) is 14.9 Å². The van der Waals surface area contributed by atoms with E-state index < -0.39 is 10.9 Å². The monoisotopic (exact) mass is 250 g/mol. The van der Waals surface area contributed by atoms with Gasteiger partial charge in [0, 0.05) is 20.2 Å². The van der Waals surface area contributed by atoms with Crippen LogP contribution in [0.3, 0.4) is 0 Å². The van der Waals surface area contributed by atoms with Crippen molar-refractivity contribution in [1.82, 2.24) is 4.90 Å². The van der Waals surface area contributed by atoms with Crippen LogP contribution in [0.5, 0.6) is 0 Å². The van der Waals surface area contributed by atoms with Gasteiger partial charge < -0.3 is 9.64 Å². The molecule has 0 saturated carbocycles. The molecule has 0 aliphatic rings. The molecule has 0 fully saturated rings. The number of hydrogen-bond acceptors (Lipinski definition) is 5. The zero-order chi connectivity index (χ0) is 13.7. The Kier molecular flexibility index (Phi) is 4.42. The largest absolute Gasteiger partial charge is 0.465 e. The number of nitro groups is 1. The van der Waals surface area contributed by atoms with Gasteiger partial charge in [-0.05, 0) is 24.4 Å². The fourth-order valence-electron chi connectivity index (χ4n) is 1.33. The van der Waals surface area contributed by atoms with E-state index in [4.69, 9.17) is 0 Å². The van der Waals surface area contributed by atoms with Crippen LogP contribution in [0.2, 0.25) is 0 Å². The Hall–Kier alpha value is -2.37. The number of nitrogens with zero attached hydrogens (tertiary/aromatic N) is 2. The molecule has 1 aromatic rings. The van der Waals surface area contributed by atoms with Crippen LogP contribution in [-0.4, -0.2) is 37.0 Å². The summed E-state index contributed by atoms with van der Waals surface area (Å²) in [5, 5.41) is 10.9. The molecule has 0 spiro atoms. The third-order valence-corrected chi connectivity index (χ3v) is 2.20. The number of carbonyl (C=O) groups excluding carboxylic acids is 1. The standard InChI is InChI=1S/C12H14N2O4/c1-13(2)7-6-9-8-10(12(15)18-3)4-5-11(9)14(16)17/h4-8H,1-3H3/b7-6-. The minimum Gasteiger partial charge on any atom is -0.465 e. The van der Waals surface area contributed by atoms with Gasteiger partial charge in [0.25, 0.3) is 5.69 Å². The molecule has 0 unspecified atom stereocenters. The fraction of sp³-hybridized carbons (Fsp3) is 0.250. The Morgan fingerprint density at radius 1 is 1.44 bits per heavy atom. The minimum atomic E-state index is -0.524. The highest BCUT2D eigenvalue weighted by molar-refractivity contribution is 5.90. The molecule has 0 bridgehead atoms. The lowest BCUT2D eigenvalue weighted by atomic mass is 10.1. The average Bonchev–Trinajstić information content (AvgIpc) is 2.34. The summed E-state index contributed by atoms with van der Waals surface area (Å²) in [6, 6.07) is 4.10. The average molecular weight is 250 g/mol. The second-order valence-corrected chi connectivity index (χ2v) is 3.80. The molecule has 0 saturated heterocycles. The Bertz CT molecular complexity index is 495. The van der Waals surface area contributed by atoms with Crippen molar-refractivity contribution in [3.8, 4) is 0 Å². The number of hydrogen-bond donors (Lipinski definition) is 0. The Labute approximate surface area is 105 Å². The van der Waals surface area contributed by atoms with Crippen LogP contribution in [0.25, 0.3) is 6.08 Å². The molecule has 0 heterocycles. The molecule has 18 heavy (non-hydrogen) atoms. The van der Waals surface area contributed by atoms with Gasteiger partial charge in [-0.2, -0.15) is 0 Å². The SMILES string of the molecule is COC(=O)c1ccc([N+](=O)[O-])c(/C=C\N(C)C)c1. The molecule has 0 aliphatic carbocycles. The molecule has 6 nitrogen and oxygen atoms in total. The van der Waals surface area contributed by atoms with E-state index in [1.54, 1.807) is 31.3 Å². The highest BCUT2D eigenvalue weighted by Gasteiger charge is 2.15. The van der Waals surface area contributed by atoms with Crippen LogP contribution >= 0.6 is 0 Å². The van der Waals surface area contributed by atoms with E-state index in [1.807, 2.05) is 0 Å². The summed E-state index contributed by atoms with van der Waals surface area (Å²) in [5.74, 6) is -0.524. The summed E-state index contributed by atoms with van der Waals surface area (Å²) in [6.07, 6.45) is 3.24. The first-order chi connectivity index (χ1) is 8.45. The lowest BCUT2D eigenvalue weighted by Crippen LogP contribution is -2.03. The van der Waals surface area contributed by atoms with Crippen LogP contribution < -0.4 is 0 Å². The molecule has 96 valence electrons. The maximum absolute atomic E-state index is 11.4. The molecule has 0 atom stereocenters. The number of benzene rings is 1. The van der Waals surface area contributed by atoms with Gasteiger partial charge in [0.05, 0.1) is 23.2 Å². The second-order valence-electron chi connectivity index (χ2n) is 3.80. The van der Waals surface area contributed by atoms with Gasteiger partial charge in [-0.1, -0.05) is 0 Å².